The van der Waals surface area contributed by atoms with Crippen molar-refractivity contribution in [3.63, 3.8) is 0 Å². The van der Waals surface area contributed by atoms with Crippen LogP contribution in [0.1, 0.15) is 26.2 Å². The van der Waals surface area contributed by atoms with Gasteiger partial charge in [0.2, 0.25) is 0 Å². The summed E-state index contributed by atoms with van der Waals surface area (Å²) in [6, 6.07) is 0. The van der Waals surface area contributed by atoms with Gasteiger partial charge in [-0.15, -0.1) is 0 Å². The zero-order valence-electron chi connectivity index (χ0n) is 6.21. The molecule has 0 aliphatic carbocycles. The van der Waals surface area contributed by atoms with E-state index in [4.69, 9.17) is 10.2 Å². The zero-order valence-corrected chi connectivity index (χ0v) is 6.21. The number of hydrogen-bond donors (Lipinski definition) is 2. The molecule has 0 fully saturated rings. The van der Waals surface area contributed by atoms with Crippen LogP contribution in [0, 0.1) is 5.92 Å². The molecule has 10 heavy (non-hydrogen) atoms. The lowest BCUT2D eigenvalue weighted by molar-refractivity contribution is -0.142. The largest absolute Gasteiger partial charge is 0.481 e. The van der Waals surface area contributed by atoms with Gasteiger partial charge in [-0.25, -0.2) is 0 Å². The van der Waals surface area contributed by atoms with Crippen LogP contribution in [-0.4, -0.2) is 22.8 Å². The molecule has 3 nitrogen and oxygen atoms in total. The Morgan fingerprint density at radius 2 is 2.20 bits per heavy atom. The summed E-state index contributed by atoms with van der Waals surface area (Å²) in [5.74, 6) is -1.02. The Morgan fingerprint density at radius 1 is 1.60 bits per heavy atom. The van der Waals surface area contributed by atoms with Crippen LogP contribution >= 0.6 is 0 Å². The molecule has 0 bridgehead atoms. The average Bonchev–Trinajstić information content (AvgIpc) is 1.89. The highest BCUT2D eigenvalue weighted by Gasteiger charge is 2.13. The molecular formula is C7H14O3. The number of carbonyl (C=O) groups is 1. The van der Waals surface area contributed by atoms with E-state index >= 15 is 0 Å². The van der Waals surface area contributed by atoms with Gasteiger partial charge < -0.3 is 10.2 Å². The summed E-state index contributed by atoms with van der Waals surface area (Å²) < 4.78 is 0. The quantitative estimate of drug-likeness (QED) is 0.605. The van der Waals surface area contributed by atoms with Gasteiger partial charge >= 0.3 is 5.97 Å². The Morgan fingerprint density at radius 3 is 2.50 bits per heavy atom. The van der Waals surface area contributed by atoms with Crippen LogP contribution in [0.25, 0.3) is 0 Å². The SMILES string of the molecule is CCC(CCCO)C(=O)O. The molecule has 1 unspecified atom stereocenters. The predicted molar refractivity (Wildman–Crippen MR) is 37.7 cm³/mol. The molecule has 0 rings (SSSR count). The van der Waals surface area contributed by atoms with Crippen LogP contribution in [-0.2, 0) is 4.79 Å². The van der Waals surface area contributed by atoms with Crippen LogP contribution in [0.4, 0.5) is 0 Å². The molecule has 0 aromatic heterocycles. The van der Waals surface area contributed by atoms with Gasteiger partial charge in [-0.05, 0) is 19.3 Å². The second-order valence-corrected chi connectivity index (χ2v) is 2.31. The lowest BCUT2D eigenvalue weighted by atomic mass is 10.0. The van der Waals surface area contributed by atoms with E-state index in [1.807, 2.05) is 6.92 Å². The van der Waals surface area contributed by atoms with E-state index in [1.54, 1.807) is 0 Å². The van der Waals surface area contributed by atoms with Crippen LogP contribution < -0.4 is 0 Å². The van der Waals surface area contributed by atoms with Gasteiger partial charge in [-0.2, -0.15) is 0 Å². The maximum atomic E-state index is 10.4. The van der Waals surface area contributed by atoms with Crippen LogP contribution in [0.2, 0.25) is 0 Å². The van der Waals surface area contributed by atoms with Crippen molar-refractivity contribution >= 4 is 5.97 Å². The van der Waals surface area contributed by atoms with Gasteiger partial charge in [-0.1, -0.05) is 6.92 Å². The number of rotatable bonds is 5. The number of aliphatic hydroxyl groups is 1. The molecule has 0 aromatic carbocycles. The molecular weight excluding hydrogens is 132 g/mol. The van der Waals surface area contributed by atoms with E-state index in [0.717, 1.165) is 0 Å². The lowest BCUT2D eigenvalue weighted by Gasteiger charge is -2.06. The molecule has 0 heterocycles. The summed E-state index contributed by atoms with van der Waals surface area (Å²) >= 11 is 0. The lowest BCUT2D eigenvalue weighted by Crippen LogP contribution is -2.12. The van der Waals surface area contributed by atoms with Gasteiger partial charge in [0.25, 0.3) is 0 Å². The van der Waals surface area contributed by atoms with Crippen molar-refractivity contribution in [1.82, 2.24) is 0 Å². The van der Waals surface area contributed by atoms with Crippen molar-refractivity contribution < 1.29 is 15.0 Å². The second-order valence-electron chi connectivity index (χ2n) is 2.31. The molecule has 0 aliphatic heterocycles. The second kappa shape index (κ2) is 5.23. The third kappa shape index (κ3) is 3.45. The summed E-state index contributed by atoms with van der Waals surface area (Å²) in [6.45, 7) is 1.93. The van der Waals surface area contributed by atoms with Crippen LogP contribution in [0.3, 0.4) is 0 Å². The fraction of sp³-hybridized carbons (Fsp3) is 0.857. The van der Waals surface area contributed by atoms with Crippen molar-refractivity contribution in [3.8, 4) is 0 Å². The first-order valence-corrected chi connectivity index (χ1v) is 3.56. The van der Waals surface area contributed by atoms with E-state index in [1.165, 1.54) is 0 Å². The highest BCUT2D eigenvalue weighted by molar-refractivity contribution is 5.69. The Hall–Kier alpha value is -0.570. The Balaban J connectivity index is 3.50. The van der Waals surface area contributed by atoms with E-state index in [2.05, 4.69) is 0 Å². The summed E-state index contributed by atoms with van der Waals surface area (Å²) in [5.41, 5.74) is 0. The molecule has 2 N–H and O–H groups in total. The van der Waals surface area contributed by atoms with E-state index in [-0.39, 0.29) is 12.5 Å². The smallest absolute Gasteiger partial charge is 0.306 e. The Bertz CT molecular complexity index is 101. The highest BCUT2D eigenvalue weighted by atomic mass is 16.4. The highest BCUT2D eigenvalue weighted by Crippen LogP contribution is 2.09. The summed E-state index contributed by atoms with van der Waals surface area (Å²) in [5, 5.41) is 16.9. The van der Waals surface area contributed by atoms with Crippen molar-refractivity contribution in [3.05, 3.63) is 0 Å². The van der Waals surface area contributed by atoms with Gasteiger partial charge in [0, 0.05) is 6.61 Å². The van der Waals surface area contributed by atoms with Crippen LogP contribution in [0.5, 0.6) is 0 Å². The minimum absolute atomic E-state index is 0.0871. The van der Waals surface area contributed by atoms with Crippen molar-refractivity contribution in [2.24, 2.45) is 5.92 Å². The minimum atomic E-state index is -0.754. The maximum Gasteiger partial charge on any atom is 0.306 e. The normalized spacial score (nSPS) is 13.0. The molecule has 0 saturated heterocycles. The number of hydrogen-bond acceptors (Lipinski definition) is 2. The number of aliphatic carboxylic acids is 1. The molecule has 0 aliphatic rings. The average molecular weight is 146 g/mol. The van der Waals surface area contributed by atoms with Crippen molar-refractivity contribution in [2.45, 2.75) is 26.2 Å². The van der Waals surface area contributed by atoms with Gasteiger partial charge in [-0.3, -0.25) is 4.79 Å². The monoisotopic (exact) mass is 146 g/mol. The van der Waals surface area contributed by atoms with Gasteiger partial charge in [0.05, 0.1) is 5.92 Å². The molecule has 0 spiro atoms. The summed E-state index contributed by atoms with van der Waals surface area (Å²) in [7, 11) is 0. The predicted octanol–water partition coefficient (Wildman–Crippen LogP) is 0.870. The summed E-state index contributed by atoms with van der Waals surface area (Å²) in [6.07, 6.45) is 1.82. The molecule has 1 atom stereocenters. The number of carboxylic acid groups (broad SMARTS) is 1. The van der Waals surface area contributed by atoms with E-state index in [9.17, 15) is 4.79 Å². The van der Waals surface area contributed by atoms with E-state index in [0.29, 0.717) is 19.3 Å². The maximum absolute atomic E-state index is 10.4. The fourth-order valence-corrected chi connectivity index (χ4v) is 0.840. The van der Waals surface area contributed by atoms with Crippen molar-refractivity contribution in [2.75, 3.05) is 6.61 Å². The number of aliphatic hydroxyl groups excluding tert-OH is 1. The fourth-order valence-electron chi connectivity index (χ4n) is 0.840. The first-order valence-electron chi connectivity index (χ1n) is 3.56. The minimum Gasteiger partial charge on any atom is -0.481 e. The standard InChI is InChI=1S/C7H14O3/c1-2-6(7(9)10)4-3-5-8/h6,8H,2-5H2,1H3,(H,9,10). The van der Waals surface area contributed by atoms with E-state index < -0.39 is 5.97 Å². The third-order valence-electron chi connectivity index (χ3n) is 1.55. The zero-order chi connectivity index (χ0) is 7.98. The molecule has 3 heteroatoms. The molecule has 0 aromatic rings. The number of carboxylic acids is 1. The molecule has 0 saturated carbocycles. The molecule has 0 radical (unpaired) electrons. The van der Waals surface area contributed by atoms with Crippen molar-refractivity contribution in [1.29, 1.82) is 0 Å². The first-order chi connectivity index (χ1) is 4.72. The third-order valence-corrected chi connectivity index (χ3v) is 1.55. The Kier molecular flexibility index (Phi) is 4.94. The molecule has 60 valence electrons. The van der Waals surface area contributed by atoms with Gasteiger partial charge in [0.1, 0.15) is 0 Å². The van der Waals surface area contributed by atoms with Crippen LogP contribution in [0.15, 0.2) is 0 Å². The van der Waals surface area contributed by atoms with Gasteiger partial charge in [0.15, 0.2) is 0 Å². The molecule has 0 amide bonds. The summed E-state index contributed by atoms with van der Waals surface area (Å²) in [4.78, 5) is 10.4. The Labute approximate surface area is 60.7 Å². The first kappa shape index (κ1) is 9.43. The topological polar surface area (TPSA) is 57.5 Å².